The Balaban J connectivity index is 0.000000180. The first-order valence-corrected chi connectivity index (χ1v) is 15.9. The lowest BCUT2D eigenvalue weighted by Gasteiger charge is -2.34. The summed E-state index contributed by atoms with van der Waals surface area (Å²) >= 11 is 3.01. The zero-order valence-electron chi connectivity index (χ0n) is 25.8. The van der Waals surface area contributed by atoms with Crippen LogP contribution >= 0.6 is 15.9 Å². The number of halogens is 3. The van der Waals surface area contributed by atoms with Gasteiger partial charge < -0.3 is 29.5 Å². The van der Waals surface area contributed by atoms with Crippen LogP contribution in [0, 0.1) is 11.6 Å². The van der Waals surface area contributed by atoms with Crippen molar-refractivity contribution in [3.8, 4) is 0 Å². The number of piperazine rings is 2. The Kier molecular flexibility index (Phi) is 14.3. The Bertz CT molecular complexity index is 1510. The highest BCUT2D eigenvalue weighted by Crippen LogP contribution is 2.15. The predicted molar refractivity (Wildman–Crippen MR) is 178 cm³/mol. The van der Waals surface area contributed by atoms with E-state index in [9.17, 15) is 18.4 Å². The molecule has 2 aliphatic heterocycles. The molecule has 2 saturated heterocycles. The maximum absolute atomic E-state index is 13.2. The molecule has 47 heavy (non-hydrogen) atoms. The van der Waals surface area contributed by atoms with Crippen LogP contribution in [0.5, 0.6) is 0 Å². The molecule has 2 aromatic heterocycles. The number of anilines is 1. The monoisotopic (exact) mass is 710 g/mol. The molecule has 6 rings (SSSR count). The average molecular weight is 712 g/mol. The second kappa shape index (κ2) is 19.1. The number of hydrogen-bond donors (Lipinski definition) is 1. The number of nitrogens with zero attached hydrogens (tertiary/aromatic N) is 5. The fourth-order valence-corrected chi connectivity index (χ4v) is 4.87. The van der Waals surface area contributed by atoms with Crippen LogP contribution in [0.15, 0.2) is 102 Å². The third kappa shape index (κ3) is 12.6. The Labute approximate surface area is 281 Å². The van der Waals surface area contributed by atoms with Crippen LogP contribution in [-0.4, -0.2) is 84.3 Å². The van der Waals surface area contributed by atoms with Gasteiger partial charge in [0.15, 0.2) is 0 Å². The van der Waals surface area contributed by atoms with Gasteiger partial charge in [-0.15, -0.1) is 0 Å². The second-order valence-corrected chi connectivity index (χ2v) is 11.2. The van der Waals surface area contributed by atoms with Gasteiger partial charge >= 0.3 is 12.2 Å². The maximum atomic E-state index is 13.2. The Morgan fingerprint density at radius 1 is 0.681 bits per heavy atom. The number of carbonyl (C=O) groups is 2. The number of carbonyl (C=O) groups excluding carboxylic acids is 2. The van der Waals surface area contributed by atoms with Gasteiger partial charge in [0.1, 0.15) is 35.3 Å². The van der Waals surface area contributed by atoms with Crippen molar-refractivity contribution in [2.45, 2.75) is 13.2 Å². The van der Waals surface area contributed by atoms with Gasteiger partial charge in [0.05, 0.1) is 0 Å². The Morgan fingerprint density at radius 2 is 1.17 bits per heavy atom. The molecule has 4 aromatic rings. The van der Waals surface area contributed by atoms with E-state index in [-0.39, 0.29) is 30.4 Å². The molecule has 0 saturated carbocycles. The van der Waals surface area contributed by atoms with E-state index < -0.39 is 0 Å². The van der Waals surface area contributed by atoms with Crippen LogP contribution in [0.4, 0.5) is 24.2 Å². The van der Waals surface area contributed by atoms with E-state index in [4.69, 9.17) is 9.47 Å². The summed E-state index contributed by atoms with van der Waals surface area (Å²) in [7, 11) is 0. The fourth-order valence-electron chi connectivity index (χ4n) is 4.53. The van der Waals surface area contributed by atoms with Gasteiger partial charge in [0.25, 0.3) is 0 Å². The zero-order valence-corrected chi connectivity index (χ0v) is 27.4. The quantitative estimate of drug-likeness (QED) is 0.256. The molecule has 10 nitrogen and oxygen atoms in total. The van der Waals surface area contributed by atoms with E-state index in [1.807, 2.05) is 65.6 Å². The molecule has 0 bridgehead atoms. The third-order valence-electron chi connectivity index (χ3n) is 7.04. The van der Waals surface area contributed by atoms with E-state index in [0.717, 1.165) is 37.3 Å². The van der Waals surface area contributed by atoms with Crippen molar-refractivity contribution >= 4 is 33.9 Å². The molecule has 0 radical (unpaired) electrons. The molecular formula is C34H37BrF2N6O4. The third-order valence-corrected chi connectivity index (χ3v) is 7.48. The molecule has 4 heterocycles. The second-order valence-electron chi connectivity index (χ2n) is 10.4. The number of benzene rings is 2. The summed E-state index contributed by atoms with van der Waals surface area (Å²) in [6, 6.07) is 24.6. The van der Waals surface area contributed by atoms with Crippen LogP contribution < -0.4 is 10.2 Å². The van der Waals surface area contributed by atoms with Crippen LogP contribution in [0.2, 0.25) is 0 Å². The van der Waals surface area contributed by atoms with Gasteiger partial charge in [-0.05, 0) is 39.2 Å². The van der Waals surface area contributed by atoms with Gasteiger partial charge in [0, 0.05) is 76.9 Å². The van der Waals surface area contributed by atoms with Crippen LogP contribution in [0.3, 0.4) is 0 Å². The molecule has 1 N–H and O–H groups in total. The number of ether oxygens (including phenoxy) is 2. The van der Waals surface area contributed by atoms with E-state index in [1.54, 1.807) is 9.80 Å². The summed E-state index contributed by atoms with van der Waals surface area (Å²) in [5, 5.41) is 3.19. The van der Waals surface area contributed by atoms with E-state index in [1.165, 1.54) is 36.7 Å². The zero-order chi connectivity index (χ0) is 33.3. The van der Waals surface area contributed by atoms with Crippen LogP contribution in [0.1, 0.15) is 11.1 Å². The topological polar surface area (TPSA) is 100 Å². The molecule has 2 amide bonds. The first-order valence-electron chi connectivity index (χ1n) is 15.1. The number of nitrogens with one attached hydrogen (secondary N) is 1. The van der Waals surface area contributed by atoms with Crippen LogP contribution in [0.25, 0.3) is 0 Å². The van der Waals surface area contributed by atoms with Crippen molar-refractivity contribution in [3.63, 3.8) is 0 Å². The molecule has 13 heteroatoms. The lowest BCUT2D eigenvalue weighted by Crippen LogP contribution is -2.49. The number of pyridine rings is 2. The molecule has 0 atom stereocenters. The van der Waals surface area contributed by atoms with Gasteiger partial charge in [-0.3, -0.25) is 0 Å². The summed E-state index contributed by atoms with van der Waals surface area (Å²) in [6.07, 6.45) is 2.32. The molecule has 0 spiro atoms. The first kappa shape index (κ1) is 35.2. The summed E-state index contributed by atoms with van der Waals surface area (Å²) in [4.78, 5) is 37.0. The lowest BCUT2D eigenvalue weighted by atomic mass is 10.2. The van der Waals surface area contributed by atoms with Crippen molar-refractivity contribution < 1.29 is 27.8 Å². The minimum Gasteiger partial charge on any atom is -0.445 e. The number of hydrogen-bond acceptors (Lipinski definition) is 8. The van der Waals surface area contributed by atoms with Crippen molar-refractivity contribution in [3.05, 3.63) is 125 Å². The van der Waals surface area contributed by atoms with Gasteiger partial charge in [-0.1, -0.05) is 60.7 Å². The summed E-state index contributed by atoms with van der Waals surface area (Å²) in [5.74, 6) is 0.0221. The van der Waals surface area contributed by atoms with Crippen molar-refractivity contribution in [1.29, 1.82) is 0 Å². The number of amides is 2. The Hall–Kier alpha value is -4.62. The number of aromatic nitrogens is 2. The Morgan fingerprint density at radius 3 is 1.64 bits per heavy atom. The molecule has 2 aliphatic rings. The summed E-state index contributed by atoms with van der Waals surface area (Å²) < 4.78 is 36.4. The summed E-state index contributed by atoms with van der Waals surface area (Å²) in [6.45, 7) is 6.06. The normalized spacial score (nSPS) is 14.1. The first-order chi connectivity index (χ1) is 22.9. The highest BCUT2D eigenvalue weighted by atomic mass is 79.9. The number of rotatable bonds is 5. The molecule has 2 aromatic carbocycles. The van der Waals surface area contributed by atoms with Crippen LogP contribution in [-0.2, 0) is 22.7 Å². The smallest absolute Gasteiger partial charge is 0.410 e. The van der Waals surface area contributed by atoms with Gasteiger partial charge in [-0.2, -0.15) is 0 Å². The SMILES string of the molecule is Fc1ccnc(Br)c1.O=C(OCc1ccccc1)N1CCN(c2cc(F)ccn2)CC1.O=C(OCc1ccccc1)N1CCNCC1. The lowest BCUT2D eigenvalue weighted by molar-refractivity contribution is 0.0917. The largest absolute Gasteiger partial charge is 0.445 e. The fraction of sp³-hybridized carbons (Fsp3) is 0.294. The highest BCUT2D eigenvalue weighted by Gasteiger charge is 2.23. The average Bonchev–Trinajstić information content (AvgIpc) is 3.11. The molecule has 248 valence electrons. The van der Waals surface area contributed by atoms with Crippen molar-refractivity contribution in [1.82, 2.24) is 25.1 Å². The molecule has 0 unspecified atom stereocenters. The summed E-state index contributed by atoms with van der Waals surface area (Å²) in [5.41, 5.74) is 1.98. The van der Waals surface area contributed by atoms with Crippen molar-refractivity contribution in [2.24, 2.45) is 0 Å². The van der Waals surface area contributed by atoms with Gasteiger partial charge in [-0.25, -0.2) is 28.3 Å². The highest BCUT2D eigenvalue weighted by molar-refractivity contribution is 9.10. The van der Waals surface area contributed by atoms with E-state index >= 15 is 0 Å². The standard InChI is InChI=1S/C17H18FN3O2.C12H16N2O2.C5H3BrFN/c18-15-6-7-19-16(12-15)20-8-10-21(11-9-20)17(22)23-13-14-4-2-1-3-5-14;15-12(14-8-6-13-7-9-14)16-10-11-4-2-1-3-5-11;6-5-3-4(7)1-2-8-5/h1-7,12H,8-11,13H2;1-5,13H,6-10H2;1-3H. The minimum atomic E-state index is -0.319. The van der Waals surface area contributed by atoms with E-state index in [2.05, 4.69) is 31.2 Å². The van der Waals surface area contributed by atoms with Crippen molar-refractivity contribution in [2.75, 3.05) is 57.3 Å². The molecule has 0 aliphatic carbocycles. The van der Waals surface area contributed by atoms with Gasteiger partial charge in [0.2, 0.25) is 0 Å². The predicted octanol–water partition coefficient (Wildman–Crippen LogP) is 5.89. The minimum absolute atomic E-state index is 0.217. The maximum Gasteiger partial charge on any atom is 0.410 e. The molecular weight excluding hydrogens is 674 g/mol. The molecule has 2 fully saturated rings. The van der Waals surface area contributed by atoms with E-state index in [0.29, 0.717) is 43.2 Å².